The van der Waals surface area contributed by atoms with Crippen molar-refractivity contribution in [1.82, 2.24) is 14.9 Å². The van der Waals surface area contributed by atoms with Crippen molar-refractivity contribution in [2.45, 2.75) is 19.3 Å². The van der Waals surface area contributed by atoms with E-state index in [0.29, 0.717) is 10.5 Å². The molecule has 2 heterocycles. The molecule has 0 aromatic carbocycles. The quantitative estimate of drug-likeness (QED) is 0.799. The smallest absolute Gasteiger partial charge is 0.471 e. The highest BCUT2D eigenvalue weighted by Crippen LogP contribution is 2.26. The maximum absolute atomic E-state index is 12.2. The molecule has 0 spiro atoms. The highest BCUT2D eigenvalue weighted by molar-refractivity contribution is 5.84. The minimum atomic E-state index is -4.95. The summed E-state index contributed by atoms with van der Waals surface area (Å²) in [6.07, 6.45) is -3.83. The predicted molar refractivity (Wildman–Crippen MR) is 49.3 cm³/mol. The van der Waals surface area contributed by atoms with Gasteiger partial charge in [-0.05, 0) is 0 Å². The van der Waals surface area contributed by atoms with Crippen molar-refractivity contribution >= 4 is 11.9 Å². The Kier molecular flexibility index (Phi) is 2.68. The lowest BCUT2D eigenvalue weighted by Gasteiger charge is -2.16. The molecule has 1 amide bonds. The molecule has 0 atom stereocenters. The molecule has 0 bridgehead atoms. The van der Waals surface area contributed by atoms with Crippen LogP contribution in [0.3, 0.4) is 0 Å². The van der Waals surface area contributed by atoms with Gasteiger partial charge in [-0.3, -0.25) is 4.79 Å². The summed E-state index contributed by atoms with van der Waals surface area (Å²) in [5.74, 6) is -3.86. The molecule has 0 saturated heterocycles. The lowest BCUT2D eigenvalue weighted by molar-refractivity contribution is -0.186. The molecule has 6 nitrogen and oxygen atoms in total. The summed E-state index contributed by atoms with van der Waals surface area (Å²) < 4.78 is 36.6. The van der Waals surface area contributed by atoms with Gasteiger partial charge >= 0.3 is 18.1 Å². The van der Waals surface area contributed by atoms with Gasteiger partial charge in [0.25, 0.3) is 0 Å². The van der Waals surface area contributed by atoms with E-state index in [-0.39, 0.29) is 18.8 Å². The van der Waals surface area contributed by atoms with Gasteiger partial charge in [-0.25, -0.2) is 14.8 Å². The standard InChI is InChI=1S/C9H6F3N3O3/c10-9(11,12)8(18)15-2-4-1-13-6(7(16)17)14-5(4)3-15/h1H,2-3H2,(H,16,17). The number of alkyl halides is 3. The molecule has 96 valence electrons. The third-order valence-electron chi connectivity index (χ3n) is 2.38. The lowest BCUT2D eigenvalue weighted by Crippen LogP contribution is -2.37. The van der Waals surface area contributed by atoms with E-state index in [9.17, 15) is 22.8 Å². The van der Waals surface area contributed by atoms with Gasteiger partial charge in [0, 0.05) is 18.3 Å². The van der Waals surface area contributed by atoms with E-state index in [1.165, 1.54) is 0 Å². The van der Waals surface area contributed by atoms with Crippen molar-refractivity contribution < 1.29 is 27.9 Å². The topological polar surface area (TPSA) is 83.4 Å². The van der Waals surface area contributed by atoms with Gasteiger partial charge in [0.1, 0.15) is 0 Å². The number of hydrogen-bond acceptors (Lipinski definition) is 4. The zero-order valence-corrected chi connectivity index (χ0v) is 8.73. The highest BCUT2D eigenvalue weighted by Gasteiger charge is 2.44. The molecule has 18 heavy (non-hydrogen) atoms. The van der Waals surface area contributed by atoms with E-state index in [4.69, 9.17) is 5.11 Å². The molecule has 1 aliphatic heterocycles. The average Bonchev–Trinajstić information content (AvgIpc) is 2.68. The number of carboxylic acids is 1. The van der Waals surface area contributed by atoms with Gasteiger partial charge in [0.2, 0.25) is 5.82 Å². The summed E-state index contributed by atoms with van der Waals surface area (Å²) in [5, 5.41) is 8.63. The van der Waals surface area contributed by atoms with Gasteiger partial charge in [0.05, 0.1) is 12.2 Å². The maximum Gasteiger partial charge on any atom is 0.471 e. The second kappa shape index (κ2) is 3.93. The molecule has 1 aliphatic rings. The van der Waals surface area contributed by atoms with Crippen LogP contribution in [0.15, 0.2) is 6.20 Å². The zero-order chi connectivity index (χ0) is 13.5. The summed E-state index contributed by atoms with van der Waals surface area (Å²) in [5.41, 5.74) is 0.442. The van der Waals surface area contributed by atoms with Crippen molar-refractivity contribution in [2.24, 2.45) is 0 Å². The molecular formula is C9H6F3N3O3. The summed E-state index contributed by atoms with van der Waals surface area (Å²) in [6.45, 7) is -0.635. The summed E-state index contributed by atoms with van der Waals surface area (Å²) in [6, 6.07) is 0. The van der Waals surface area contributed by atoms with Crippen LogP contribution in [0.25, 0.3) is 0 Å². The zero-order valence-electron chi connectivity index (χ0n) is 8.73. The van der Waals surface area contributed by atoms with Crippen molar-refractivity contribution in [1.29, 1.82) is 0 Å². The molecule has 0 radical (unpaired) electrons. The molecule has 0 unspecified atom stereocenters. The molecular weight excluding hydrogens is 255 g/mol. The second-order valence-electron chi connectivity index (χ2n) is 3.63. The first-order valence-corrected chi connectivity index (χ1v) is 4.73. The first-order chi connectivity index (χ1) is 8.29. The molecule has 1 aromatic heterocycles. The van der Waals surface area contributed by atoms with Gasteiger partial charge in [-0.15, -0.1) is 0 Å². The van der Waals surface area contributed by atoms with Crippen LogP contribution < -0.4 is 0 Å². The largest absolute Gasteiger partial charge is 0.475 e. The molecule has 1 N–H and O–H groups in total. The van der Waals surface area contributed by atoms with Crippen LogP contribution >= 0.6 is 0 Å². The lowest BCUT2D eigenvalue weighted by atomic mass is 10.3. The highest BCUT2D eigenvalue weighted by atomic mass is 19.4. The Morgan fingerprint density at radius 1 is 1.33 bits per heavy atom. The number of amides is 1. The Morgan fingerprint density at radius 3 is 2.56 bits per heavy atom. The van der Waals surface area contributed by atoms with Crippen LogP contribution in [0, 0.1) is 0 Å². The Morgan fingerprint density at radius 2 is 2.00 bits per heavy atom. The van der Waals surface area contributed by atoms with E-state index >= 15 is 0 Å². The van der Waals surface area contributed by atoms with Gasteiger partial charge in [0.15, 0.2) is 0 Å². The number of aromatic carboxylic acids is 1. The van der Waals surface area contributed by atoms with Gasteiger partial charge in [-0.2, -0.15) is 13.2 Å². The number of carboxylic acid groups (broad SMARTS) is 1. The first-order valence-electron chi connectivity index (χ1n) is 4.73. The summed E-state index contributed by atoms with van der Waals surface area (Å²) >= 11 is 0. The minimum absolute atomic E-state index is 0.125. The van der Waals surface area contributed by atoms with Crippen LogP contribution in [0.1, 0.15) is 21.9 Å². The second-order valence-corrected chi connectivity index (χ2v) is 3.63. The van der Waals surface area contributed by atoms with E-state index in [1.807, 2.05) is 0 Å². The normalized spacial score (nSPS) is 14.5. The summed E-state index contributed by atoms with van der Waals surface area (Å²) in [7, 11) is 0. The maximum atomic E-state index is 12.2. The number of nitrogens with zero attached hydrogens (tertiary/aromatic N) is 3. The van der Waals surface area contributed by atoms with Crippen LogP contribution in [0.2, 0.25) is 0 Å². The number of fused-ring (bicyclic) bond motifs is 1. The SMILES string of the molecule is O=C(O)c1ncc2c(n1)CN(C(=O)C(F)(F)F)C2. The average molecular weight is 261 g/mol. The van der Waals surface area contributed by atoms with Crippen LogP contribution in [0.5, 0.6) is 0 Å². The van der Waals surface area contributed by atoms with Crippen molar-refractivity contribution in [2.75, 3.05) is 0 Å². The first kappa shape index (κ1) is 12.3. The minimum Gasteiger partial charge on any atom is -0.475 e. The third-order valence-corrected chi connectivity index (χ3v) is 2.38. The molecule has 1 aromatic rings. The Bertz CT molecular complexity index is 530. The Hall–Kier alpha value is -2.19. The monoisotopic (exact) mass is 261 g/mol. The van der Waals surface area contributed by atoms with Gasteiger partial charge < -0.3 is 10.0 Å². The number of aromatic nitrogens is 2. The number of carbonyl (C=O) groups excluding carboxylic acids is 1. The van der Waals surface area contributed by atoms with E-state index in [0.717, 1.165) is 6.20 Å². The molecule has 0 aliphatic carbocycles. The number of hydrogen-bond donors (Lipinski definition) is 1. The Labute approximate surface area is 98.1 Å². The predicted octanol–water partition coefficient (Wildman–Crippen LogP) is 0.579. The van der Waals surface area contributed by atoms with Gasteiger partial charge in [-0.1, -0.05) is 0 Å². The Balaban J connectivity index is 2.23. The molecule has 2 rings (SSSR count). The van der Waals surface area contributed by atoms with Crippen molar-refractivity contribution in [3.63, 3.8) is 0 Å². The molecule has 0 saturated carbocycles. The fraction of sp³-hybridized carbons (Fsp3) is 0.333. The fourth-order valence-corrected chi connectivity index (χ4v) is 1.58. The molecule has 0 fully saturated rings. The van der Waals surface area contributed by atoms with Crippen molar-refractivity contribution in [3.05, 3.63) is 23.3 Å². The molecule has 9 heteroatoms. The van der Waals surface area contributed by atoms with E-state index in [1.54, 1.807) is 0 Å². The number of carbonyl (C=O) groups is 2. The van der Waals surface area contributed by atoms with Crippen molar-refractivity contribution in [3.8, 4) is 0 Å². The van der Waals surface area contributed by atoms with Crippen LogP contribution in [-0.2, 0) is 17.9 Å². The summed E-state index contributed by atoms with van der Waals surface area (Å²) in [4.78, 5) is 29.2. The fourth-order valence-electron chi connectivity index (χ4n) is 1.58. The van der Waals surface area contributed by atoms with E-state index < -0.39 is 23.9 Å². The third kappa shape index (κ3) is 2.11. The number of rotatable bonds is 1. The van der Waals surface area contributed by atoms with E-state index in [2.05, 4.69) is 9.97 Å². The van der Waals surface area contributed by atoms with Crippen LogP contribution in [0.4, 0.5) is 13.2 Å². The number of halogens is 3. The van der Waals surface area contributed by atoms with Crippen LogP contribution in [-0.4, -0.2) is 38.0 Å².